The number of halogens is 1. The van der Waals surface area contributed by atoms with Crippen molar-refractivity contribution in [2.45, 2.75) is 13.3 Å². The Morgan fingerprint density at radius 2 is 1.97 bits per heavy atom. The number of nitrogens with one attached hydrogen (secondary N) is 1. The topological polar surface area (TPSA) is 57.4 Å². The van der Waals surface area contributed by atoms with Gasteiger partial charge in [-0.3, -0.25) is 4.99 Å². The number of rotatable bonds is 6. The maximum Gasteiger partial charge on any atom is 0.194 e. The van der Waals surface area contributed by atoms with E-state index in [1.165, 1.54) is 5.69 Å². The number of hydrogen-bond acceptors (Lipinski definition) is 4. The van der Waals surface area contributed by atoms with Gasteiger partial charge in [-0.05, 0) is 31.2 Å². The molecule has 0 amide bonds. The van der Waals surface area contributed by atoms with Crippen molar-refractivity contribution in [2.75, 3.05) is 51.3 Å². The standard InChI is InChI=1S/C23H30N6O.HI/c1-3-24-23(25-11-10-19-18-29-12-5-4-9-22(29)26-19)28-15-13-27(14-16-28)20-7-6-8-21(17-20)30-2;/h4-9,12,17-18H,3,10-11,13-16H2,1-2H3,(H,24,25);1H. The van der Waals surface area contributed by atoms with Crippen molar-refractivity contribution in [1.82, 2.24) is 19.6 Å². The highest BCUT2D eigenvalue weighted by molar-refractivity contribution is 14.0. The Balaban J connectivity index is 0.00000272. The van der Waals surface area contributed by atoms with Gasteiger partial charge in [-0.1, -0.05) is 12.1 Å². The van der Waals surface area contributed by atoms with Gasteiger partial charge in [0.15, 0.2) is 5.96 Å². The van der Waals surface area contributed by atoms with Crippen LogP contribution in [0.15, 0.2) is 59.9 Å². The first kappa shape index (κ1) is 23.2. The summed E-state index contributed by atoms with van der Waals surface area (Å²) in [7, 11) is 1.71. The van der Waals surface area contributed by atoms with Crippen molar-refractivity contribution in [3.05, 3.63) is 60.6 Å². The lowest BCUT2D eigenvalue weighted by atomic mass is 10.2. The Kier molecular flexibility index (Phi) is 8.39. The summed E-state index contributed by atoms with van der Waals surface area (Å²) in [4.78, 5) is 14.3. The molecule has 2 aromatic heterocycles. The number of imidazole rings is 1. The van der Waals surface area contributed by atoms with Crippen LogP contribution in [-0.4, -0.2) is 66.6 Å². The van der Waals surface area contributed by atoms with E-state index in [4.69, 9.17) is 9.73 Å². The minimum atomic E-state index is 0. The summed E-state index contributed by atoms with van der Waals surface area (Å²) in [5.74, 6) is 1.89. The van der Waals surface area contributed by atoms with Crippen LogP contribution >= 0.6 is 24.0 Å². The number of guanidine groups is 1. The summed E-state index contributed by atoms with van der Waals surface area (Å²) in [6, 6.07) is 14.3. The van der Waals surface area contributed by atoms with Crippen molar-refractivity contribution in [2.24, 2.45) is 4.99 Å². The Morgan fingerprint density at radius 3 is 2.71 bits per heavy atom. The molecule has 0 unspecified atom stereocenters. The molecule has 1 aliphatic rings. The van der Waals surface area contributed by atoms with Crippen LogP contribution in [0.4, 0.5) is 5.69 Å². The molecule has 31 heavy (non-hydrogen) atoms. The van der Waals surface area contributed by atoms with Gasteiger partial charge < -0.3 is 24.3 Å². The molecule has 3 aromatic rings. The summed E-state index contributed by atoms with van der Waals surface area (Å²) in [5.41, 5.74) is 3.27. The van der Waals surface area contributed by atoms with E-state index in [0.29, 0.717) is 0 Å². The van der Waals surface area contributed by atoms with Gasteiger partial charge >= 0.3 is 0 Å². The van der Waals surface area contributed by atoms with Crippen LogP contribution in [0.1, 0.15) is 12.6 Å². The molecule has 0 spiro atoms. The van der Waals surface area contributed by atoms with Crippen LogP contribution in [0.5, 0.6) is 5.75 Å². The average molecular weight is 534 g/mol. The smallest absolute Gasteiger partial charge is 0.194 e. The normalized spacial score (nSPS) is 14.5. The van der Waals surface area contributed by atoms with Gasteiger partial charge in [0.1, 0.15) is 11.4 Å². The fourth-order valence-electron chi connectivity index (χ4n) is 3.79. The van der Waals surface area contributed by atoms with Crippen molar-refractivity contribution in [3.8, 4) is 5.75 Å². The first-order chi connectivity index (χ1) is 14.8. The predicted molar refractivity (Wildman–Crippen MR) is 137 cm³/mol. The van der Waals surface area contributed by atoms with Gasteiger partial charge in [0.05, 0.1) is 12.8 Å². The minimum Gasteiger partial charge on any atom is -0.497 e. The van der Waals surface area contributed by atoms with Crippen molar-refractivity contribution in [3.63, 3.8) is 0 Å². The molecular formula is C23H31IN6O. The number of anilines is 1. The van der Waals surface area contributed by atoms with Crippen LogP contribution < -0.4 is 15.0 Å². The molecule has 0 bridgehead atoms. The number of ether oxygens (including phenoxy) is 1. The molecule has 0 atom stereocenters. The van der Waals surface area contributed by atoms with Crippen LogP contribution in [0, 0.1) is 0 Å². The Labute approximate surface area is 201 Å². The van der Waals surface area contributed by atoms with E-state index in [2.05, 4.69) is 49.8 Å². The van der Waals surface area contributed by atoms with E-state index in [0.717, 1.165) is 68.7 Å². The molecule has 0 saturated carbocycles. The SMILES string of the molecule is CCNC(=NCCc1cn2ccccc2n1)N1CCN(c2cccc(OC)c2)CC1.I. The second kappa shape index (κ2) is 11.2. The van der Waals surface area contributed by atoms with Gasteiger partial charge in [-0.15, -0.1) is 24.0 Å². The number of pyridine rings is 1. The van der Waals surface area contributed by atoms with Gasteiger partial charge in [-0.25, -0.2) is 4.98 Å². The summed E-state index contributed by atoms with van der Waals surface area (Å²) >= 11 is 0. The molecule has 0 aliphatic carbocycles. The molecule has 0 radical (unpaired) electrons. The van der Waals surface area contributed by atoms with Crippen LogP contribution in [-0.2, 0) is 6.42 Å². The summed E-state index contributed by atoms with van der Waals surface area (Å²) < 4.78 is 7.42. The average Bonchev–Trinajstić information content (AvgIpc) is 3.21. The van der Waals surface area contributed by atoms with Crippen LogP contribution in [0.3, 0.4) is 0 Å². The number of fused-ring (bicyclic) bond motifs is 1. The Morgan fingerprint density at radius 1 is 1.13 bits per heavy atom. The van der Waals surface area contributed by atoms with Crippen LogP contribution in [0.2, 0.25) is 0 Å². The molecule has 1 aliphatic heterocycles. The van der Waals surface area contributed by atoms with E-state index in [1.807, 2.05) is 36.5 Å². The maximum absolute atomic E-state index is 5.36. The monoisotopic (exact) mass is 534 g/mol. The number of benzene rings is 1. The minimum absolute atomic E-state index is 0. The number of methoxy groups -OCH3 is 1. The molecule has 3 heterocycles. The first-order valence-electron chi connectivity index (χ1n) is 10.6. The second-order valence-electron chi connectivity index (χ2n) is 7.36. The summed E-state index contributed by atoms with van der Waals surface area (Å²) in [5, 5.41) is 3.45. The number of hydrogen-bond donors (Lipinski definition) is 1. The number of aromatic nitrogens is 2. The molecule has 7 nitrogen and oxygen atoms in total. The van der Waals surface area contributed by atoms with E-state index in [9.17, 15) is 0 Å². The van der Waals surface area contributed by atoms with Crippen LogP contribution in [0.25, 0.3) is 5.65 Å². The van der Waals surface area contributed by atoms with E-state index < -0.39 is 0 Å². The summed E-state index contributed by atoms with van der Waals surface area (Å²) in [6.07, 6.45) is 4.95. The summed E-state index contributed by atoms with van der Waals surface area (Å²) in [6.45, 7) is 7.51. The van der Waals surface area contributed by atoms with E-state index >= 15 is 0 Å². The highest BCUT2D eigenvalue weighted by Gasteiger charge is 2.20. The lowest BCUT2D eigenvalue weighted by Gasteiger charge is -2.37. The van der Waals surface area contributed by atoms with Gasteiger partial charge in [-0.2, -0.15) is 0 Å². The molecular weight excluding hydrogens is 503 g/mol. The van der Waals surface area contributed by atoms with Gasteiger partial charge in [0, 0.05) is 69.8 Å². The third-order valence-corrected chi connectivity index (χ3v) is 5.38. The largest absolute Gasteiger partial charge is 0.497 e. The zero-order valence-corrected chi connectivity index (χ0v) is 20.5. The molecule has 1 fully saturated rings. The highest BCUT2D eigenvalue weighted by Crippen LogP contribution is 2.22. The third-order valence-electron chi connectivity index (χ3n) is 5.38. The molecule has 1 aromatic carbocycles. The van der Waals surface area contributed by atoms with Gasteiger partial charge in [0.2, 0.25) is 0 Å². The fraction of sp³-hybridized carbons (Fsp3) is 0.391. The number of piperazine rings is 1. The molecule has 8 heteroatoms. The lowest BCUT2D eigenvalue weighted by Crippen LogP contribution is -2.52. The van der Waals surface area contributed by atoms with Crippen molar-refractivity contribution < 1.29 is 4.74 Å². The lowest BCUT2D eigenvalue weighted by molar-refractivity contribution is 0.372. The molecule has 166 valence electrons. The number of nitrogens with zero attached hydrogens (tertiary/aromatic N) is 5. The molecule has 1 N–H and O–H groups in total. The molecule has 1 saturated heterocycles. The zero-order valence-electron chi connectivity index (χ0n) is 18.2. The second-order valence-corrected chi connectivity index (χ2v) is 7.36. The number of aliphatic imine (C=N–C) groups is 1. The van der Waals surface area contributed by atoms with E-state index in [1.54, 1.807) is 7.11 Å². The Hall–Kier alpha value is -2.49. The van der Waals surface area contributed by atoms with Crippen molar-refractivity contribution in [1.29, 1.82) is 0 Å². The third kappa shape index (κ3) is 5.81. The van der Waals surface area contributed by atoms with Crippen molar-refractivity contribution >= 4 is 41.3 Å². The fourth-order valence-corrected chi connectivity index (χ4v) is 3.79. The first-order valence-corrected chi connectivity index (χ1v) is 10.6. The van der Waals surface area contributed by atoms with Gasteiger partial charge in [0.25, 0.3) is 0 Å². The Bertz CT molecular complexity index is 963. The highest BCUT2D eigenvalue weighted by atomic mass is 127. The zero-order chi connectivity index (χ0) is 20.8. The van der Waals surface area contributed by atoms with E-state index in [-0.39, 0.29) is 24.0 Å². The predicted octanol–water partition coefficient (Wildman–Crippen LogP) is 3.29. The quantitative estimate of drug-likeness (QED) is 0.299. The maximum atomic E-state index is 5.36. The molecule has 4 rings (SSSR count).